The maximum atomic E-state index is 13.1. The second-order valence-electron chi connectivity index (χ2n) is 7.36. The molecule has 6 nitrogen and oxygen atoms in total. The van der Waals surface area contributed by atoms with Crippen LogP contribution in [-0.4, -0.2) is 23.3 Å². The third kappa shape index (κ3) is 5.69. The smallest absolute Gasteiger partial charge is 0.273 e. The van der Waals surface area contributed by atoms with E-state index in [2.05, 4.69) is 10.5 Å². The van der Waals surface area contributed by atoms with Gasteiger partial charge in [-0.3, -0.25) is 4.79 Å². The van der Waals surface area contributed by atoms with Gasteiger partial charge in [0.25, 0.3) is 5.91 Å². The monoisotopic (exact) mass is 457 g/mol. The molecule has 0 bridgehead atoms. The Bertz CT molecular complexity index is 1270. The van der Waals surface area contributed by atoms with Crippen LogP contribution in [0.3, 0.4) is 0 Å². The van der Waals surface area contributed by atoms with Crippen molar-refractivity contribution in [2.24, 2.45) is 5.10 Å². The molecule has 1 amide bonds. The first kappa shape index (κ1) is 22.8. The van der Waals surface area contributed by atoms with Crippen LogP contribution in [0.25, 0.3) is 5.69 Å². The third-order valence-electron chi connectivity index (χ3n) is 4.99. The number of carbonyl (C=O) groups excluding carboxylic acids is 1. The van der Waals surface area contributed by atoms with E-state index in [1.165, 1.54) is 12.1 Å². The van der Waals surface area contributed by atoms with Crippen LogP contribution in [0.15, 0.2) is 96.4 Å². The fraction of sp³-hybridized carbons (Fsp3) is 0.111. The molecule has 1 N–H and O–H groups in total. The van der Waals surface area contributed by atoms with Crippen molar-refractivity contribution in [3.05, 3.63) is 114 Å². The number of halogens is 1. The first-order valence-corrected chi connectivity index (χ1v) is 10.8. The van der Waals surface area contributed by atoms with Crippen LogP contribution in [-0.2, 0) is 6.61 Å². The van der Waals surface area contributed by atoms with Crippen LogP contribution in [0, 0.1) is 5.82 Å². The van der Waals surface area contributed by atoms with E-state index in [0.29, 0.717) is 23.7 Å². The van der Waals surface area contributed by atoms with Gasteiger partial charge in [-0.25, -0.2) is 9.82 Å². The molecule has 0 spiro atoms. The molecule has 4 aromatic rings. The molecule has 0 aliphatic heterocycles. The Labute approximate surface area is 197 Å². The topological polar surface area (TPSA) is 64.8 Å². The minimum absolute atomic E-state index is 0.282. The summed E-state index contributed by atoms with van der Waals surface area (Å²) in [5.41, 5.74) is 5.43. The molecule has 4 rings (SSSR count). The summed E-state index contributed by atoms with van der Waals surface area (Å²) in [6.45, 7) is 2.62. The van der Waals surface area contributed by atoms with Crippen molar-refractivity contribution in [1.29, 1.82) is 0 Å². The lowest BCUT2D eigenvalue weighted by molar-refractivity contribution is 0.0955. The summed E-state index contributed by atoms with van der Waals surface area (Å²) in [5, 5.41) is 4.11. The average molecular weight is 458 g/mol. The molecule has 1 aromatic heterocycles. The van der Waals surface area contributed by atoms with Gasteiger partial charge in [-0.1, -0.05) is 24.3 Å². The highest BCUT2D eigenvalue weighted by Gasteiger charge is 2.11. The normalized spacial score (nSPS) is 10.9. The molecule has 0 radical (unpaired) electrons. The van der Waals surface area contributed by atoms with Crippen LogP contribution in [0.4, 0.5) is 4.39 Å². The zero-order valence-corrected chi connectivity index (χ0v) is 18.6. The minimum atomic E-state index is -0.315. The number of hydrogen-bond donors (Lipinski definition) is 1. The quantitative estimate of drug-likeness (QED) is 0.272. The van der Waals surface area contributed by atoms with Crippen LogP contribution >= 0.6 is 0 Å². The van der Waals surface area contributed by atoms with Gasteiger partial charge in [0.05, 0.1) is 24.1 Å². The van der Waals surface area contributed by atoms with Gasteiger partial charge >= 0.3 is 0 Å². The molecule has 172 valence electrons. The van der Waals surface area contributed by atoms with Gasteiger partial charge in [0.1, 0.15) is 12.4 Å². The summed E-state index contributed by atoms with van der Waals surface area (Å²) in [6, 6.07) is 22.6. The number of aromatic nitrogens is 1. The zero-order valence-electron chi connectivity index (χ0n) is 18.6. The van der Waals surface area contributed by atoms with Crippen molar-refractivity contribution in [2.45, 2.75) is 13.5 Å². The van der Waals surface area contributed by atoms with Crippen LogP contribution in [0.1, 0.15) is 28.4 Å². The van der Waals surface area contributed by atoms with E-state index in [9.17, 15) is 9.18 Å². The van der Waals surface area contributed by atoms with Crippen LogP contribution in [0.5, 0.6) is 11.5 Å². The van der Waals surface area contributed by atoms with E-state index in [1.807, 2.05) is 60.3 Å². The molecular weight excluding hydrogens is 433 g/mol. The Balaban J connectivity index is 1.43. The highest BCUT2D eigenvalue weighted by Crippen LogP contribution is 2.29. The summed E-state index contributed by atoms with van der Waals surface area (Å²) in [6.07, 6.45) is 5.30. The Morgan fingerprint density at radius 2 is 1.74 bits per heavy atom. The molecule has 34 heavy (non-hydrogen) atoms. The Hall–Kier alpha value is -4.39. The minimum Gasteiger partial charge on any atom is -0.490 e. The first-order chi connectivity index (χ1) is 16.6. The summed E-state index contributed by atoms with van der Waals surface area (Å²) >= 11 is 0. The molecule has 0 saturated carbocycles. The lowest BCUT2D eigenvalue weighted by Crippen LogP contribution is -2.19. The lowest BCUT2D eigenvalue weighted by Gasteiger charge is -2.12. The van der Waals surface area contributed by atoms with Crippen molar-refractivity contribution >= 4 is 12.1 Å². The predicted molar refractivity (Wildman–Crippen MR) is 129 cm³/mol. The Morgan fingerprint density at radius 3 is 2.50 bits per heavy atom. The number of carbonyl (C=O) groups is 1. The second kappa shape index (κ2) is 11.0. The van der Waals surface area contributed by atoms with Crippen molar-refractivity contribution in [3.8, 4) is 17.2 Å². The molecule has 7 heteroatoms. The molecule has 0 aliphatic rings. The number of ether oxygens (including phenoxy) is 2. The molecule has 1 heterocycles. The summed E-state index contributed by atoms with van der Waals surface area (Å²) < 4.78 is 26.5. The summed E-state index contributed by atoms with van der Waals surface area (Å²) in [5.74, 6) is 0.512. The largest absolute Gasteiger partial charge is 0.490 e. The van der Waals surface area contributed by atoms with Gasteiger partial charge in [-0.2, -0.15) is 5.10 Å². The molecule has 0 fully saturated rings. The molecular formula is C27H24FN3O3. The Kier molecular flexibility index (Phi) is 7.35. The number of amides is 1. The highest BCUT2D eigenvalue weighted by molar-refractivity contribution is 5.98. The number of hydrogen-bond acceptors (Lipinski definition) is 4. The lowest BCUT2D eigenvalue weighted by atomic mass is 10.1. The first-order valence-electron chi connectivity index (χ1n) is 10.8. The maximum absolute atomic E-state index is 13.1. The van der Waals surface area contributed by atoms with E-state index >= 15 is 0 Å². The molecule has 0 unspecified atom stereocenters. The summed E-state index contributed by atoms with van der Waals surface area (Å²) in [7, 11) is 0. The van der Waals surface area contributed by atoms with Crippen molar-refractivity contribution in [3.63, 3.8) is 0 Å². The van der Waals surface area contributed by atoms with Gasteiger partial charge in [-0.05, 0) is 72.6 Å². The predicted octanol–water partition coefficient (Wildman–Crippen LogP) is 5.36. The fourth-order valence-corrected chi connectivity index (χ4v) is 3.35. The van der Waals surface area contributed by atoms with E-state index in [1.54, 1.807) is 36.5 Å². The van der Waals surface area contributed by atoms with Gasteiger partial charge in [-0.15, -0.1) is 0 Å². The van der Waals surface area contributed by atoms with Gasteiger partial charge in [0.2, 0.25) is 0 Å². The van der Waals surface area contributed by atoms with Crippen LogP contribution in [0.2, 0.25) is 0 Å². The fourth-order valence-electron chi connectivity index (χ4n) is 3.35. The number of para-hydroxylation sites is 1. The van der Waals surface area contributed by atoms with E-state index in [4.69, 9.17) is 9.47 Å². The zero-order chi connectivity index (χ0) is 23.8. The van der Waals surface area contributed by atoms with E-state index < -0.39 is 0 Å². The molecule has 0 atom stereocenters. The van der Waals surface area contributed by atoms with E-state index in [-0.39, 0.29) is 18.3 Å². The third-order valence-corrected chi connectivity index (χ3v) is 4.99. The van der Waals surface area contributed by atoms with Crippen molar-refractivity contribution < 1.29 is 18.7 Å². The second-order valence-corrected chi connectivity index (χ2v) is 7.36. The average Bonchev–Trinajstić information content (AvgIpc) is 3.40. The van der Waals surface area contributed by atoms with Crippen molar-refractivity contribution in [2.75, 3.05) is 6.61 Å². The van der Waals surface area contributed by atoms with Crippen molar-refractivity contribution in [1.82, 2.24) is 9.99 Å². The Morgan fingerprint density at radius 1 is 0.971 bits per heavy atom. The molecule has 0 saturated heterocycles. The number of benzene rings is 3. The highest BCUT2D eigenvalue weighted by atomic mass is 19.1. The molecule has 0 aliphatic carbocycles. The van der Waals surface area contributed by atoms with E-state index in [0.717, 1.165) is 16.8 Å². The number of rotatable bonds is 9. The number of hydrazone groups is 1. The van der Waals surface area contributed by atoms with Gasteiger partial charge < -0.3 is 14.0 Å². The van der Waals surface area contributed by atoms with Gasteiger partial charge in [0.15, 0.2) is 11.5 Å². The summed E-state index contributed by atoms with van der Waals surface area (Å²) in [4.78, 5) is 12.7. The van der Waals surface area contributed by atoms with Gasteiger partial charge in [0, 0.05) is 12.4 Å². The number of nitrogens with zero attached hydrogens (tertiary/aromatic N) is 2. The molecule has 3 aromatic carbocycles. The van der Waals surface area contributed by atoms with Crippen LogP contribution < -0.4 is 14.9 Å². The standard InChI is InChI=1S/C27H24FN3O3/c1-2-33-26-17-21(11-14-25(26)34-19-20-9-12-22(28)13-10-20)18-29-30-27(32)23-7-3-4-8-24(23)31-15-5-6-16-31/h3-18H,2,19H2,1H3,(H,30,32). The number of nitrogens with one attached hydrogen (secondary N) is 1. The SMILES string of the molecule is CCOc1cc(C=NNC(=O)c2ccccc2-n2cccc2)ccc1OCc1ccc(F)cc1. The maximum Gasteiger partial charge on any atom is 0.273 e.